The second-order valence-corrected chi connectivity index (χ2v) is 9.74. The molecule has 182 valence electrons. The van der Waals surface area contributed by atoms with Crippen LogP contribution in [0.2, 0.25) is 5.02 Å². The molecule has 3 aromatic rings. The molecule has 0 spiro atoms. The van der Waals surface area contributed by atoms with E-state index < -0.39 is 0 Å². The number of amides is 1. The Labute approximate surface area is 207 Å². The maximum absolute atomic E-state index is 13.2. The van der Waals surface area contributed by atoms with E-state index in [0.29, 0.717) is 11.7 Å². The van der Waals surface area contributed by atoms with Gasteiger partial charge in [0.15, 0.2) is 5.76 Å². The Kier molecular flexibility index (Phi) is 7.79. The molecule has 1 aromatic carbocycles. The number of nitrogens with zero attached hydrogens (tertiary/aromatic N) is 4. The van der Waals surface area contributed by atoms with Crippen molar-refractivity contribution >= 4 is 17.5 Å². The number of halogens is 1. The van der Waals surface area contributed by atoms with E-state index in [1.54, 1.807) is 18.4 Å². The maximum Gasteiger partial charge on any atom is 0.289 e. The molecule has 1 aliphatic heterocycles. The van der Waals surface area contributed by atoms with E-state index in [1.165, 1.54) is 11.3 Å². The van der Waals surface area contributed by atoms with Crippen LogP contribution in [0.5, 0.6) is 0 Å². The number of benzene rings is 1. The molecule has 6 nitrogen and oxygen atoms in total. The average molecular weight is 483 g/mol. The van der Waals surface area contributed by atoms with Gasteiger partial charge in [-0.15, -0.1) is 0 Å². The number of likely N-dealkylation sites (N-methyl/N-ethyl adjacent to an activating group) is 1. The van der Waals surface area contributed by atoms with Crippen molar-refractivity contribution in [3.8, 4) is 0 Å². The number of carbonyl (C=O) groups is 1. The normalized spacial score (nSPS) is 16.0. The van der Waals surface area contributed by atoms with Gasteiger partial charge in [0.05, 0.1) is 12.0 Å². The van der Waals surface area contributed by atoms with E-state index >= 15 is 0 Å². The highest BCUT2D eigenvalue weighted by Crippen LogP contribution is 2.30. The van der Waals surface area contributed by atoms with Gasteiger partial charge in [0, 0.05) is 42.5 Å². The van der Waals surface area contributed by atoms with Crippen molar-refractivity contribution in [1.29, 1.82) is 0 Å². The van der Waals surface area contributed by atoms with Gasteiger partial charge in [-0.1, -0.05) is 29.8 Å². The van der Waals surface area contributed by atoms with Crippen molar-refractivity contribution in [2.45, 2.75) is 59.2 Å². The van der Waals surface area contributed by atoms with Crippen molar-refractivity contribution in [2.75, 3.05) is 20.1 Å². The van der Waals surface area contributed by atoms with E-state index in [0.717, 1.165) is 61.7 Å². The summed E-state index contributed by atoms with van der Waals surface area (Å²) in [7, 11) is 1.89. The second-order valence-electron chi connectivity index (χ2n) is 9.33. The number of carbonyl (C=O) groups excluding carboxylic acids is 1. The van der Waals surface area contributed by atoms with Crippen LogP contribution in [0.25, 0.3) is 0 Å². The molecule has 2 aromatic heterocycles. The smallest absolute Gasteiger partial charge is 0.289 e. The molecule has 0 bridgehead atoms. The largest absolute Gasteiger partial charge is 0.459 e. The Balaban J connectivity index is 1.48. The second kappa shape index (κ2) is 10.8. The van der Waals surface area contributed by atoms with Gasteiger partial charge in [-0.25, -0.2) is 0 Å². The number of aromatic nitrogens is 2. The average Bonchev–Trinajstić information content (AvgIpc) is 3.48. The third-order valence-electron chi connectivity index (χ3n) is 7.33. The quantitative estimate of drug-likeness (QED) is 0.433. The minimum Gasteiger partial charge on any atom is -0.459 e. The van der Waals surface area contributed by atoms with Gasteiger partial charge in [0.2, 0.25) is 0 Å². The van der Waals surface area contributed by atoms with Gasteiger partial charge in [-0.3, -0.25) is 14.4 Å². The topological polar surface area (TPSA) is 54.5 Å². The van der Waals surface area contributed by atoms with Crippen LogP contribution in [0.3, 0.4) is 0 Å². The molecule has 0 N–H and O–H groups in total. The van der Waals surface area contributed by atoms with Gasteiger partial charge in [0.1, 0.15) is 0 Å². The third-order valence-corrected chi connectivity index (χ3v) is 7.69. The minimum atomic E-state index is -0.0808. The van der Waals surface area contributed by atoms with E-state index in [2.05, 4.69) is 41.5 Å². The molecule has 3 heterocycles. The van der Waals surface area contributed by atoms with E-state index in [4.69, 9.17) is 16.0 Å². The van der Waals surface area contributed by atoms with Gasteiger partial charge in [-0.05, 0) is 82.8 Å². The molecular weight excluding hydrogens is 448 g/mol. The molecular formula is C27H35ClN4O2. The van der Waals surface area contributed by atoms with Crippen LogP contribution >= 0.6 is 11.6 Å². The molecule has 1 saturated heterocycles. The zero-order valence-corrected chi connectivity index (χ0v) is 21.4. The summed E-state index contributed by atoms with van der Waals surface area (Å²) in [6.45, 7) is 10.2. The monoisotopic (exact) mass is 482 g/mol. The molecule has 0 unspecified atom stereocenters. The van der Waals surface area contributed by atoms with Crippen molar-refractivity contribution < 1.29 is 9.21 Å². The van der Waals surface area contributed by atoms with Crippen LogP contribution in [-0.2, 0) is 19.5 Å². The molecule has 1 aliphatic rings. The molecule has 0 radical (unpaired) electrons. The Hall–Kier alpha value is -2.57. The van der Waals surface area contributed by atoms with Crippen LogP contribution in [0.4, 0.5) is 0 Å². The standard InChI is InChI=1S/C27H35ClN4O2/c1-5-32-20(3)23(19(2)29-32)18-31-14-12-21(13-15-31)25(17-22-9-6-7-10-24(22)28)30(4)27(33)26-11-8-16-34-26/h6-11,16,21,25H,5,12-15,17-18H2,1-4H3/t25-/m0/s1. The fraction of sp³-hybridized carbons (Fsp3) is 0.481. The lowest BCUT2D eigenvalue weighted by Crippen LogP contribution is -2.47. The molecule has 34 heavy (non-hydrogen) atoms. The first-order valence-corrected chi connectivity index (χ1v) is 12.6. The summed E-state index contributed by atoms with van der Waals surface area (Å²) in [6.07, 6.45) is 4.35. The molecule has 1 amide bonds. The fourth-order valence-electron chi connectivity index (χ4n) is 5.22. The zero-order valence-electron chi connectivity index (χ0n) is 20.6. The molecule has 0 saturated carbocycles. The van der Waals surface area contributed by atoms with Crippen molar-refractivity contribution in [3.05, 3.63) is 76.0 Å². The van der Waals surface area contributed by atoms with Crippen LogP contribution in [0.1, 0.15) is 52.8 Å². The third kappa shape index (κ3) is 5.23. The molecule has 1 fully saturated rings. The highest BCUT2D eigenvalue weighted by Gasteiger charge is 2.33. The molecule has 1 atom stereocenters. The van der Waals surface area contributed by atoms with Crippen LogP contribution in [0, 0.1) is 19.8 Å². The van der Waals surface area contributed by atoms with Crippen LogP contribution in [-0.4, -0.2) is 51.7 Å². The Morgan fingerprint density at radius 2 is 1.94 bits per heavy atom. The highest BCUT2D eigenvalue weighted by molar-refractivity contribution is 6.31. The first-order chi connectivity index (χ1) is 16.4. The molecule has 7 heteroatoms. The summed E-state index contributed by atoms with van der Waals surface area (Å²) in [5.74, 6) is 0.683. The summed E-state index contributed by atoms with van der Waals surface area (Å²) in [6, 6.07) is 11.5. The number of rotatable bonds is 8. The minimum absolute atomic E-state index is 0.0472. The predicted octanol–water partition coefficient (Wildman–Crippen LogP) is 5.36. The molecule has 4 rings (SSSR count). The number of aryl methyl sites for hydroxylation is 2. The zero-order chi connectivity index (χ0) is 24.2. The maximum atomic E-state index is 13.2. The highest BCUT2D eigenvalue weighted by atomic mass is 35.5. The first-order valence-electron chi connectivity index (χ1n) is 12.2. The lowest BCUT2D eigenvalue weighted by atomic mass is 9.84. The van der Waals surface area contributed by atoms with Crippen molar-refractivity contribution in [3.63, 3.8) is 0 Å². The van der Waals surface area contributed by atoms with E-state index in [9.17, 15) is 4.79 Å². The Bertz CT molecular complexity index is 1100. The molecule has 0 aliphatic carbocycles. The Morgan fingerprint density at radius 3 is 2.56 bits per heavy atom. The van der Waals surface area contributed by atoms with Gasteiger partial charge >= 0.3 is 0 Å². The Morgan fingerprint density at radius 1 is 1.21 bits per heavy atom. The van der Waals surface area contributed by atoms with E-state index in [1.807, 2.05) is 30.1 Å². The lowest BCUT2D eigenvalue weighted by Gasteiger charge is -2.40. The number of piperidine rings is 1. The van der Waals surface area contributed by atoms with Crippen LogP contribution < -0.4 is 0 Å². The van der Waals surface area contributed by atoms with Crippen molar-refractivity contribution in [1.82, 2.24) is 19.6 Å². The number of likely N-dealkylation sites (tertiary alicyclic amines) is 1. The fourth-order valence-corrected chi connectivity index (χ4v) is 5.44. The predicted molar refractivity (Wildman–Crippen MR) is 135 cm³/mol. The van der Waals surface area contributed by atoms with E-state index in [-0.39, 0.29) is 11.9 Å². The summed E-state index contributed by atoms with van der Waals surface area (Å²) in [5, 5.41) is 5.44. The van der Waals surface area contributed by atoms with Crippen molar-refractivity contribution in [2.24, 2.45) is 5.92 Å². The summed E-state index contributed by atoms with van der Waals surface area (Å²) >= 11 is 6.51. The number of hydrogen-bond donors (Lipinski definition) is 0. The summed E-state index contributed by atoms with van der Waals surface area (Å²) in [4.78, 5) is 17.5. The van der Waals surface area contributed by atoms with Gasteiger partial charge in [0.25, 0.3) is 5.91 Å². The first kappa shape index (κ1) is 24.6. The summed E-state index contributed by atoms with van der Waals surface area (Å²) in [5.41, 5.74) is 4.82. The van der Waals surface area contributed by atoms with Crippen LogP contribution in [0.15, 0.2) is 47.1 Å². The lowest BCUT2D eigenvalue weighted by molar-refractivity contribution is 0.0556. The van der Waals surface area contributed by atoms with Gasteiger partial charge in [-0.2, -0.15) is 5.10 Å². The summed E-state index contributed by atoms with van der Waals surface area (Å²) < 4.78 is 7.50. The SMILES string of the molecule is CCn1nc(C)c(CN2CCC([C@H](Cc3ccccc3Cl)N(C)C(=O)c3ccco3)CC2)c1C. The number of furan rings is 1. The number of hydrogen-bond acceptors (Lipinski definition) is 4. The van der Waals surface area contributed by atoms with Gasteiger partial charge < -0.3 is 9.32 Å².